The maximum atomic E-state index is 5.05. The molecular formula is C42H28N4. The highest BCUT2D eigenvalue weighted by molar-refractivity contribution is 6.09. The van der Waals surface area contributed by atoms with E-state index in [-0.39, 0.29) is 0 Å². The van der Waals surface area contributed by atoms with Crippen LogP contribution in [0.4, 0.5) is 0 Å². The molecule has 6 aromatic carbocycles. The monoisotopic (exact) mass is 588 g/mol. The molecule has 0 amide bonds. The van der Waals surface area contributed by atoms with Gasteiger partial charge < -0.3 is 0 Å². The Kier molecular flexibility index (Phi) is 6.10. The fraction of sp³-hybridized carbons (Fsp3) is 0. The Balaban J connectivity index is 1.25. The predicted octanol–water partition coefficient (Wildman–Crippen LogP) is 10.5. The lowest BCUT2D eigenvalue weighted by atomic mass is 10.0. The van der Waals surface area contributed by atoms with Crippen LogP contribution in [0.1, 0.15) is 0 Å². The van der Waals surface area contributed by atoms with Crippen molar-refractivity contribution in [2.45, 2.75) is 0 Å². The molecule has 0 spiro atoms. The number of nitrogens with zero attached hydrogens (tertiary/aromatic N) is 4. The van der Waals surface area contributed by atoms with Gasteiger partial charge in [0.25, 0.3) is 0 Å². The minimum absolute atomic E-state index is 0.714. The first-order valence-corrected chi connectivity index (χ1v) is 15.5. The maximum Gasteiger partial charge on any atom is 0.160 e. The van der Waals surface area contributed by atoms with Crippen molar-refractivity contribution in [3.63, 3.8) is 0 Å². The Morgan fingerprint density at radius 1 is 0.391 bits per heavy atom. The Morgan fingerprint density at radius 2 is 0.891 bits per heavy atom. The van der Waals surface area contributed by atoms with Crippen molar-refractivity contribution in [3.8, 4) is 50.7 Å². The normalized spacial score (nSPS) is 11.5. The van der Waals surface area contributed by atoms with Gasteiger partial charge in [0.15, 0.2) is 5.82 Å². The van der Waals surface area contributed by atoms with Crippen molar-refractivity contribution in [1.82, 2.24) is 18.9 Å². The lowest BCUT2D eigenvalue weighted by Crippen LogP contribution is -1.97. The molecule has 3 aromatic heterocycles. The highest BCUT2D eigenvalue weighted by Gasteiger charge is 2.22. The van der Waals surface area contributed by atoms with E-state index in [1.165, 1.54) is 27.5 Å². The Morgan fingerprint density at radius 3 is 1.54 bits per heavy atom. The van der Waals surface area contributed by atoms with Gasteiger partial charge in [-0.1, -0.05) is 133 Å². The van der Waals surface area contributed by atoms with E-state index in [0.717, 1.165) is 44.9 Å². The van der Waals surface area contributed by atoms with Gasteiger partial charge in [0.05, 0.1) is 27.9 Å². The molecule has 46 heavy (non-hydrogen) atoms. The highest BCUT2D eigenvalue weighted by Crippen LogP contribution is 2.40. The molecule has 9 rings (SSSR count). The zero-order valence-electron chi connectivity index (χ0n) is 25.0. The standard InChI is InChI=1S/C42H28N4/c1-4-14-29(15-5-1)35-28-36(44-41(43-35)32-18-8-3-9-19-32)30-24-26-33(27-25-30)45-38-22-12-13-23-39(38)46-37-21-11-10-20-34(37)40(42(45)46)31-16-6-2-7-17-31/h1-28H. The molecule has 0 aliphatic carbocycles. The molecule has 0 saturated heterocycles. The van der Waals surface area contributed by atoms with Crippen LogP contribution in [0.2, 0.25) is 0 Å². The minimum atomic E-state index is 0.714. The molecule has 0 fully saturated rings. The lowest BCUT2D eigenvalue weighted by Gasteiger charge is -2.12. The van der Waals surface area contributed by atoms with E-state index in [4.69, 9.17) is 9.97 Å². The minimum Gasteiger partial charge on any atom is -0.293 e. The van der Waals surface area contributed by atoms with Gasteiger partial charge in [-0.25, -0.2) is 9.97 Å². The van der Waals surface area contributed by atoms with Crippen molar-refractivity contribution >= 4 is 27.6 Å². The summed E-state index contributed by atoms with van der Waals surface area (Å²) in [6.45, 7) is 0. The van der Waals surface area contributed by atoms with Crippen LogP contribution in [-0.2, 0) is 0 Å². The number of hydrogen-bond acceptors (Lipinski definition) is 2. The van der Waals surface area contributed by atoms with Crippen molar-refractivity contribution in [1.29, 1.82) is 0 Å². The van der Waals surface area contributed by atoms with Gasteiger partial charge in [0.2, 0.25) is 0 Å². The summed E-state index contributed by atoms with van der Waals surface area (Å²) in [6.07, 6.45) is 0. The molecule has 0 aliphatic rings. The molecule has 3 heterocycles. The second kappa shape index (κ2) is 10.7. The molecule has 0 saturated carbocycles. The molecule has 0 aliphatic heterocycles. The number of fused-ring (bicyclic) bond motifs is 5. The average Bonchev–Trinajstić information content (AvgIpc) is 3.65. The highest BCUT2D eigenvalue weighted by atomic mass is 15.1. The van der Waals surface area contributed by atoms with E-state index >= 15 is 0 Å². The van der Waals surface area contributed by atoms with Crippen molar-refractivity contribution in [2.24, 2.45) is 0 Å². The smallest absolute Gasteiger partial charge is 0.160 e. The predicted molar refractivity (Wildman–Crippen MR) is 189 cm³/mol. The SMILES string of the molecule is c1ccc(-c2cc(-c3ccc(-n4c5ccccc5n5c6ccccc6c(-c6ccccc6)c45)cc3)nc(-c3ccccc3)n2)cc1. The quantitative estimate of drug-likeness (QED) is 0.200. The molecule has 4 nitrogen and oxygen atoms in total. The zero-order valence-corrected chi connectivity index (χ0v) is 25.0. The molecule has 0 unspecified atom stereocenters. The van der Waals surface area contributed by atoms with E-state index in [2.05, 4.69) is 142 Å². The van der Waals surface area contributed by atoms with Crippen molar-refractivity contribution in [3.05, 3.63) is 170 Å². The van der Waals surface area contributed by atoms with Crippen molar-refractivity contribution < 1.29 is 0 Å². The van der Waals surface area contributed by atoms with E-state index in [0.29, 0.717) is 5.82 Å². The summed E-state index contributed by atoms with van der Waals surface area (Å²) in [6, 6.07) is 59.5. The van der Waals surface area contributed by atoms with Crippen LogP contribution in [0.3, 0.4) is 0 Å². The van der Waals surface area contributed by atoms with E-state index in [1.807, 2.05) is 36.4 Å². The number of aromatic nitrogens is 4. The maximum absolute atomic E-state index is 5.05. The Labute approximate surface area is 266 Å². The molecular weight excluding hydrogens is 560 g/mol. The van der Waals surface area contributed by atoms with Crippen LogP contribution in [0, 0.1) is 0 Å². The largest absolute Gasteiger partial charge is 0.293 e. The fourth-order valence-corrected chi connectivity index (χ4v) is 6.64. The molecule has 0 atom stereocenters. The van der Waals surface area contributed by atoms with Gasteiger partial charge in [-0.15, -0.1) is 0 Å². The van der Waals surface area contributed by atoms with Crippen LogP contribution < -0.4 is 0 Å². The summed E-state index contributed by atoms with van der Waals surface area (Å²) < 4.78 is 4.80. The molecule has 0 N–H and O–H groups in total. The second-order valence-electron chi connectivity index (χ2n) is 11.5. The molecule has 0 radical (unpaired) electrons. The number of imidazole rings is 1. The number of para-hydroxylation sites is 3. The van der Waals surface area contributed by atoms with Crippen LogP contribution in [0.15, 0.2) is 170 Å². The van der Waals surface area contributed by atoms with Gasteiger partial charge in [0, 0.05) is 33.3 Å². The molecule has 4 heteroatoms. The summed E-state index contributed by atoms with van der Waals surface area (Å²) in [5.41, 5.74) is 13.1. The van der Waals surface area contributed by atoms with Gasteiger partial charge >= 0.3 is 0 Å². The summed E-state index contributed by atoms with van der Waals surface area (Å²) in [5, 5.41) is 1.24. The third kappa shape index (κ3) is 4.23. The number of rotatable bonds is 5. The summed E-state index contributed by atoms with van der Waals surface area (Å²) in [4.78, 5) is 10.0. The topological polar surface area (TPSA) is 35.1 Å². The number of benzene rings is 6. The fourth-order valence-electron chi connectivity index (χ4n) is 6.64. The zero-order chi connectivity index (χ0) is 30.5. The first kappa shape index (κ1) is 26.2. The third-order valence-corrected chi connectivity index (χ3v) is 8.74. The van der Waals surface area contributed by atoms with E-state index in [9.17, 15) is 0 Å². The van der Waals surface area contributed by atoms with E-state index < -0.39 is 0 Å². The first-order chi connectivity index (χ1) is 22.8. The summed E-state index contributed by atoms with van der Waals surface area (Å²) >= 11 is 0. The van der Waals surface area contributed by atoms with E-state index in [1.54, 1.807) is 0 Å². The number of hydrogen-bond donors (Lipinski definition) is 0. The van der Waals surface area contributed by atoms with Gasteiger partial charge in [-0.3, -0.25) is 8.97 Å². The third-order valence-electron chi connectivity index (χ3n) is 8.74. The van der Waals surface area contributed by atoms with Gasteiger partial charge in [-0.2, -0.15) is 0 Å². The van der Waals surface area contributed by atoms with Gasteiger partial charge in [-0.05, 0) is 42.0 Å². The molecule has 9 aromatic rings. The summed E-state index contributed by atoms with van der Waals surface area (Å²) in [7, 11) is 0. The average molecular weight is 589 g/mol. The second-order valence-corrected chi connectivity index (χ2v) is 11.5. The van der Waals surface area contributed by atoms with Crippen LogP contribution in [0.5, 0.6) is 0 Å². The summed E-state index contributed by atoms with van der Waals surface area (Å²) in [5.74, 6) is 0.714. The van der Waals surface area contributed by atoms with Crippen LogP contribution in [0.25, 0.3) is 78.3 Å². The Bertz CT molecular complexity index is 2430. The van der Waals surface area contributed by atoms with Gasteiger partial charge in [0.1, 0.15) is 5.65 Å². The Hall–Kier alpha value is -6.26. The van der Waals surface area contributed by atoms with Crippen molar-refractivity contribution in [2.75, 3.05) is 0 Å². The molecule has 0 bridgehead atoms. The lowest BCUT2D eigenvalue weighted by molar-refractivity contribution is 1.14. The first-order valence-electron chi connectivity index (χ1n) is 15.5. The van der Waals surface area contributed by atoms with Crippen LogP contribution in [-0.4, -0.2) is 18.9 Å². The molecule has 216 valence electrons. The van der Waals surface area contributed by atoms with Crippen LogP contribution >= 0.6 is 0 Å².